The van der Waals surface area contributed by atoms with Crippen LogP contribution in [0.25, 0.3) is 0 Å². The maximum absolute atomic E-state index is 12.7. The summed E-state index contributed by atoms with van der Waals surface area (Å²) >= 11 is 0. The number of ether oxygens (including phenoxy) is 4. The average molecular weight is 358 g/mol. The molecule has 0 unspecified atom stereocenters. The second kappa shape index (κ2) is 7.30. The van der Waals surface area contributed by atoms with Gasteiger partial charge in [-0.2, -0.15) is 4.98 Å². The molecule has 8 nitrogen and oxygen atoms in total. The molecule has 1 aromatic carbocycles. The van der Waals surface area contributed by atoms with Crippen LogP contribution in [0, 0.1) is 0 Å². The van der Waals surface area contributed by atoms with Crippen molar-refractivity contribution in [3.63, 3.8) is 0 Å². The molecule has 0 atom stereocenters. The van der Waals surface area contributed by atoms with Crippen molar-refractivity contribution in [2.75, 3.05) is 32.8 Å². The molecule has 0 saturated carbocycles. The van der Waals surface area contributed by atoms with Crippen LogP contribution in [0.5, 0.6) is 23.3 Å². The van der Waals surface area contributed by atoms with E-state index in [2.05, 4.69) is 10.3 Å². The minimum absolute atomic E-state index is 0.115. The third-order valence-corrected chi connectivity index (χ3v) is 3.79. The Morgan fingerprint density at radius 2 is 1.73 bits per heavy atom. The van der Waals surface area contributed by atoms with Crippen LogP contribution in [0.15, 0.2) is 24.3 Å². The monoisotopic (exact) mass is 358 g/mol. The predicted octanol–water partition coefficient (Wildman–Crippen LogP) is 2.32. The number of pyridine rings is 1. The van der Waals surface area contributed by atoms with E-state index < -0.39 is 5.91 Å². The zero-order chi connectivity index (χ0) is 18.7. The number of nitrogens with one attached hydrogen (secondary N) is 1. The minimum atomic E-state index is -0.476. The SMILES string of the molecule is COc1ccc(C(=O)Nc2cc3c(cc2C(C)=O)OCCO3)c(OC)n1. The van der Waals surface area contributed by atoms with E-state index >= 15 is 0 Å². The number of carbonyl (C=O) groups is 2. The molecule has 1 N–H and O–H groups in total. The Morgan fingerprint density at radius 3 is 2.35 bits per heavy atom. The number of hydrogen-bond donors (Lipinski definition) is 1. The lowest BCUT2D eigenvalue weighted by Crippen LogP contribution is -2.19. The molecular formula is C18H18N2O6. The molecule has 3 rings (SSSR count). The fourth-order valence-corrected chi connectivity index (χ4v) is 2.54. The number of hydrogen-bond acceptors (Lipinski definition) is 7. The van der Waals surface area contributed by atoms with Crippen LogP contribution in [-0.2, 0) is 0 Å². The molecule has 26 heavy (non-hydrogen) atoms. The van der Waals surface area contributed by atoms with Crippen LogP contribution in [0.3, 0.4) is 0 Å². The molecule has 2 heterocycles. The summed E-state index contributed by atoms with van der Waals surface area (Å²) in [5.41, 5.74) is 0.852. The highest BCUT2D eigenvalue weighted by atomic mass is 16.6. The van der Waals surface area contributed by atoms with Crippen LogP contribution in [0.4, 0.5) is 5.69 Å². The van der Waals surface area contributed by atoms with Gasteiger partial charge in [0.25, 0.3) is 5.91 Å². The molecule has 0 saturated heterocycles. The summed E-state index contributed by atoms with van der Waals surface area (Å²) in [5, 5.41) is 2.71. The lowest BCUT2D eigenvalue weighted by molar-refractivity contribution is 0.101. The van der Waals surface area contributed by atoms with Gasteiger partial charge in [0.1, 0.15) is 18.8 Å². The number of amides is 1. The zero-order valence-electron chi connectivity index (χ0n) is 14.6. The number of rotatable bonds is 5. The summed E-state index contributed by atoms with van der Waals surface area (Å²) in [6.07, 6.45) is 0. The number of ketones is 1. The third-order valence-electron chi connectivity index (χ3n) is 3.79. The molecule has 1 aliphatic heterocycles. The van der Waals surface area contributed by atoms with Gasteiger partial charge >= 0.3 is 0 Å². The molecule has 136 valence electrons. The standard InChI is InChI=1S/C18H18N2O6/c1-10(21)12-8-14-15(26-7-6-25-14)9-13(12)19-17(22)11-4-5-16(23-2)20-18(11)24-3/h4-5,8-9H,6-7H2,1-3H3,(H,19,22). The van der Waals surface area contributed by atoms with Gasteiger partial charge in [-0.15, -0.1) is 0 Å². The Morgan fingerprint density at radius 1 is 1.04 bits per heavy atom. The van der Waals surface area contributed by atoms with Gasteiger partial charge in [0, 0.05) is 17.7 Å². The molecule has 0 aliphatic carbocycles. The molecule has 1 aliphatic rings. The Hall–Kier alpha value is -3.29. The summed E-state index contributed by atoms with van der Waals surface area (Å²) in [6, 6.07) is 6.22. The lowest BCUT2D eigenvalue weighted by atomic mass is 10.1. The first-order valence-electron chi connectivity index (χ1n) is 7.88. The largest absolute Gasteiger partial charge is 0.486 e. The van der Waals surface area contributed by atoms with E-state index in [1.165, 1.54) is 27.2 Å². The van der Waals surface area contributed by atoms with Gasteiger partial charge in [-0.05, 0) is 19.1 Å². The highest BCUT2D eigenvalue weighted by molar-refractivity contribution is 6.10. The minimum Gasteiger partial charge on any atom is -0.486 e. The van der Waals surface area contributed by atoms with Crippen LogP contribution >= 0.6 is 0 Å². The molecule has 1 aromatic heterocycles. The Kier molecular flexibility index (Phi) is 4.92. The van der Waals surface area contributed by atoms with Crippen molar-refractivity contribution in [1.82, 2.24) is 4.98 Å². The van der Waals surface area contributed by atoms with Crippen LogP contribution in [-0.4, -0.2) is 44.1 Å². The van der Waals surface area contributed by atoms with Crippen molar-refractivity contribution in [3.8, 4) is 23.3 Å². The van der Waals surface area contributed by atoms with Gasteiger partial charge in [-0.3, -0.25) is 9.59 Å². The third kappa shape index (κ3) is 3.39. The number of aromatic nitrogens is 1. The van der Waals surface area contributed by atoms with Gasteiger partial charge < -0.3 is 24.3 Å². The van der Waals surface area contributed by atoms with Crippen LogP contribution < -0.4 is 24.3 Å². The second-order valence-corrected chi connectivity index (χ2v) is 5.46. The molecule has 2 aromatic rings. The van der Waals surface area contributed by atoms with Gasteiger partial charge in [0.05, 0.1) is 19.9 Å². The van der Waals surface area contributed by atoms with Crippen molar-refractivity contribution in [3.05, 3.63) is 35.4 Å². The summed E-state index contributed by atoms with van der Waals surface area (Å²) < 4.78 is 21.2. The van der Waals surface area contributed by atoms with Gasteiger partial charge in [0.2, 0.25) is 11.8 Å². The van der Waals surface area contributed by atoms with Crippen LogP contribution in [0.2, 0.25) is 0 Å². The van der Waals surface area contributed by atoms with E-state index in [9.17, 15) is 9.59 Å². The van der Waals surface area contributed by atoms with E-state index in [-0.39, 0.29) is 17.2 Å². The molecule has 0 bridgehead atoms. The second-order valence-electron chi connectivity index (χ2n) is 5.46. The molecular weight excluding hydrogens is 340 g/mol. The molecule has 0 radical (unpaired) electrons. The van der Waals surface area contributed by atoms with E-state index in [0.717, 1.165) is 0 Å². The number of anilines is 1. The predicted molar refractivity (Wildman–Crippen MR) is 92.7 cm³/mol. The number of Topliss-reactive ketones (excluding diaryl/α,β-unsaturated/α-hetero) is 1. The maximum Gasteiger partial charge on any atom is 0.261 e. The fourth-order valence-electron chi connectivity index (χ4n) is 2.54. The number of methoxy groups -OCH3 is 2. The summed E-state index contributed by atoms with van der Waals surface area (Å²) in [6.45, 7) is 2.22. The quantitative estimate of drug-likeness (QED) is 0.820. The number of carbonyl (C=O) groups excluding carboxylic acids is 2. The summed E-state index contributed by atoms with van der Waals surface area (Å²) in [7, 11) is 2.87. The lowest BCUT2D eigenvalue weighted by Gasteiger charge is -2.21. The highest BCUT2D eigenvalue weighted by Gasteiger charge is 2.21. The maximum atomic E-state index is 12.7. The highest BCUT2D eigenvalue weighted by Crippen LogP contribution is 2.36. The molecule has 1 amide bonds. The van der Waals surface area contributed by atoms with E-state index in [1.807, 2.05) is 0 Å². The van der Waals surface area contributed by atoms with E-state index in [0.29, 0.717) is 41.8 Å². The summed E-state index contributed by atoms with van der Waals surface area (Å²) in [5.74, 6) is 0.693. The molecule has 8 heteroatoms. The Bertz CT molecular complexity index is 865. The van der Waals surface area contributed by atoms with Crippen LogP contribution in [0.1, 0.15) is 27.6 Å². The number of nitrogens with zero attached hydrogens (tertiary/aromatic N) is 1. The summed E-state index contributed by atoms with van der Waals surface area (Å²) in [4.78, 5) is 28.7. The normalized spacial score (nSPS) is 12.3. The topological polar surface area (TPSA) is 96.0 Å². The Labute approximate surface area is 150 Å². The average Bonchev–Trinajstić information content (AvgIpc) is 2.66. The first-order chi connectivity index (χ1) is 12.5. The Balaban J connectivity index is 1.95. The van der Waals surface area contributed by atoms with Crippen molar-refractivity contribution in [2.24, 2.45) is 0 Å². The smallest absolute Gasteiger partial charge is 0.261 e. The van der Waals surface area contributed by atoms with Crippen molar-refractivity contribution < 1.29 is 28.5 Å². The first-order valence-corrected chi connectivity index (χ1v) is 7.88. The van der Waals surface area contributed by atoms with Gasteiger partial charge in [-0.25, -0.2) is 0 Å². The number of benzene rings is 1. The fraction of sp³-hybridized carbons (Fsp3) is 0.278. The first kappa shape index (κ1) is 17.5. The molecule has 0 spiro atoms. The van der Waals surface area contributed by atoms with E-state index in [4.69, 9.17) is 18.9 Å². The zero-order valence-corrected chi connectivity index (χ0v) is 14.6. The molecule has 0 fully saturated rings. The number of fused-ring (bicyclic) bond motifs is 1. The van der Waals surface area contributed by atoms with Crippen molar-refractivity contribution >= 4 is 17.4 Å². The van der Waals surface area contributed by atoms with E-state index in [1.54, 1.807) is 18.2 Å². The van der Waals surface area contributed by atoms with Gasteiger partial charge in [0.15, 0.2) is 17.3 Å². The van der Waals surface area contributed by atoms with Crippen molar-refractivity contribution in [2.45, 2.75) is 6.92 Å². The van der Waals surface area contributed by atoms with Crippen molar-refractivity contribution in [1.29, 1.82) is 0 Å². The van der Waals surface area contributed by atoms with Gasteiger partial charge in [-0.1, -0.05) is 0 Å².